The minimum absolute atomic E-state index is 0.130. The zero-order valence-electron chi connectivity index (χ0n) is 35.0. The van der Waals surface area contributed by atoms with E-state index >= 15 is 0 Å². The van der Waals surface area contributed by atoms with Gasteiger partial charge in [-0.1, -0.05) is 38.7 Å². The average molecular weight is 847 g/mol. The first-order valence-corrected chi connectivity index (χ1v) is 20.4. The van der Waals surface area contributed by atoms with Crippen LogP contribution in [0.5, 0.6) is 5.75 Å². The molecule has 7 rings (SSSR count). The lowest BCUT2D eigenvalue weighted by atomic mass is 9.92. The smallest absolute Gasteiger partial charge is 0.324 e. The third-order valence-corrected chi connectivity index (χ3v) is 10.1. The first-order chi connectivity index (χ1) is 30.0. The number of nitrogens with zero attached hydrogens (tertiary/aromatic N) is 4. The summed E-state index contributed by atoms with van der Waals surface area (Å²) in [6.45, 7) is 9.83. The number of aromatic amines is 1. The number of amides is 5. The molecule has 1 atom stereocenters. The first kappa shape index (κ1) is 43.5. The number of urea groups is 1. The Kier molecular flexibility index (Phi) is 14.3. The first-order valence-electron chi connectivity index (χ1n) is 20.4. The van der Waals surface area contributed by atoms with E-state index in [0.29, 0.717) is 87.7 Å². The van der Waals surface area contributed by atoms with Gasteiger partial charge in [0, 0.05) is 53.0 Å². The number of nitrogens with one attached hydrogen (secondary N) is 4. The van der Waals surface area contributed by atoms with Gasteiger partial charge in [0.15, 0.2) is 0 Å². The van der Waals surface area contributed by atoms with Crippen molar-refractivity contribution in [2.75, 3.05) is 70.1 Å². The van der Waals surface area contributed by atoms with E-state index < -0.39 is 11.9 Å². The van der Waals surface area contributed by atoms with Crippen LogP contribution in [0.4, 0.5) is 16.3 Å². The number of aromatic nitrogens is 4. The summed E-state index contributed by atoms with van der Waals surface area (Å²) in [6, 6.07) is 19.3. The fourth-order valence-electron chi connectivity index (χ4n) is 6.88. The number of rotatable bonds is 18. The predicted molar refractivity (Wildman–Crippen MR) is 229 cm³/mol. The molecule has 62 heavy (non-hydrogen) atoms. The van der Waals surface area contributed by atoms with Crippen LogP contribution in [-0.4, -0.2) is 114 Å². The van der Waals surface area contributed by atoms with Crippen molar-refractivity contribution in [2.45, 2.75) is 51.6 Å². The minimum atomic E-state index is -0.668. The van der Waals surface area contributed by atoms with Gasteiger partial charge in [-0.3, -0.25) is 34.7 Å². The van der Waals surface area contributed by atoms with E-state index in [2.05, 4.69) is 63.7 Å². The van der Waals surface area contributed by atoms with Crippen LogP contribution < -0.4 is 20.7 Å². The maximum atomic E-state index is 13.0. The van der Waals surface area contributed by atoms with E-state index in [1.807, 2.05) is 59.2 Å². The van der Waals surface area contributed by atoms with Crippen molar-refractivity contribution in [3.63, 3.8) is 0 Å². The van der Waals surface area contributed by atoms with Gasteiger partial charge in [-0.15, -0.1) is 0 Å². The number of carbonyl (C=O) groups is 4. The molecule has 0 bridgehead atoms. The normalized spacial score (nSPS) is 15.0. The van der Waals surface area contributed by atoms with Gasteiger partial charge in [0.05, 0.1) is 63.0 Å². The topological polar surface area (TPSA) is 200 Å². The molecule has 1 fully saturated rings. The molecule has 0 saturated carbocycles. The second kappa shape index (κ2) is 20.3. The lowest BCUT2D eigenvalue weighted by Crippen LogP contribution is -2.52. The number of ether oxygens (including phenoxy) is 5. The van der Waals surface area contributed by atoms with Crippen molar-refractivity contribution in [2.24, 2.45) is 0 Å². The highest BCUT2D eigenvalue weighted by Gasteiger charge is 2.39. The Bertz CT molecular complexity index is 2440. The molecule has 3 aromatic carbocycles. The van der Waals surface area contributed by atoms with Crippen LogP contribution in [0.15, 0.2) is 73.1 Å². The maximum absolute atomic E-state index is 13.0. The Hall–Kier alpha value is -6.58. The number of imidazole rings is 1. The number of piperidine rings is 1. The molecule has 0 aliphatic carbocycles. The van der Waals surface area contributed by atoms with Crippen LogP contribution >= 0.6 is 0 Å². The number of benzene rings is 3. The van der Waals surface area contributed by atoms with Gasteiger partial charge in [0.25, 0.3) is 5.91 Å². The molecule has 0 spiro atoms. The Morgan fingerprint density at radius 3 is 2.31 bits per heavy atom. The summed E-state index contributed by atoms with van der Waals surface area (Å²) in [7, 11) is 0. The highest BCUT2D eigenvalue weighted by Crippen LogP contribution is 2.30. The second-order valence-electron chi connectivity index (χ2n) is 15.6. The number of fused-ring (bicyclic) bond motifs is 2. The molecule has 0 radical (unpaired) electrons. The van der Waals surface area contributed by atoms with Gasteiger partial charge in [-0.05, 0) is 60.5 Å². The molecule has 324 valence electrons. The number of carbonyl (C=O) groups excluding carboxylic acids is 4. The van der Waals surface area contributed by atoms with Crippen LogP contribution in [0.3, 0.4) is 0 Å². The lowest BCUT2D eigenvalue weighted by Gasteiger charge is -2.29. The molecule has 2 aliphatic rings. The Labute approximate surface area is 358 Å². The summed E-state index contributed by atoms with van der Waals surface area (Å²) in [5, 5.41) is 15.1. The van der Waals surface area contributed by atoms with E-state index in [-0.39, 0.29) is 42.8 Å². The average Bonchev–Trinajstić information content (AvgIpc) is 3.99. The van der Waals surface area contributed by atoms with Crippen LogP contribution in [0, 0.1) is 11.8 Å². The van der Waals surface area contributed by atoms with Crippen molar-refractivity contribution >= 4 is 46.3 Å². The number of H-pyrrole nitrogens is 1. The number of anilines is 2. The van der Waals surface area contributed by atoms with Gasteiger partial charge in [-0.25, -0.2) is 9.78 Å². The molecular formula is C45H50N8O9. The van der Waals surface area contributed by atoms with Gasteiger partial charge in [0.1, 0.15) is 37.2 Å². The fourth-order valence-corrected chi connectivity index (χ4v) is 6.88. The Morgan fingerprint density at radius 1 is 0.871 bits per heavy atom. The van der Waals surface area contributed by atoms with E-state index in [0.717, 1.165) is 28.0 Å². The Balaban J connectivity index is 0.715. The monoisotopic (exact) mass is 846 g/mol. The Morgan fingerprint density at radius 2 is 1.60 bits per heavy atom. The zero-order chi connectivity index (χ0) is 43.5. The van der Waals surface area contributed by atoms with Crippen molar-refractivity contribution in [1.29, 1.82) is 0 Å². The summed E-state index contributed by atoms with van der Waals surface area (Å²) in [5.41, 5.74) is 5.96. The van der Waals surface area contributed by atoms with E-state index in [1.165, 1.54) is 4.90 Å². The molecule has 17 nitrogen and oxygen atoms in total. The molecule has 1 saturated heterocycles. The van der Waals surface area contributed by atoms with Crippen molar-refractivity contribution < 1.29 is 42.9 Å². The van der Waals surface area contributed by atoms with Crippen LogP contribution in [0.1, 0.15) is 60.8 Å². The SMILES string of the molecule is CC(C)(C)c1cc(NC(=O)Nc2ccc(-n3cnc4cc(OCCOCCOCCOCCOCC#Cc5cccc6c5CN(C5CCC(=O)NC5=O)C6=O)ccc43)cc2)[nH]n1. The summed E-state index contributed by atoms with van der Waals surface area (Å²) < 4.78 is 30.2. The summed E-state index contributed by atoms with van der Waals surface area (Å²) in [5.74, 6) is 6.29. The summed E-state index contributed by atoms with van der Waals surface area (Å²) >= 11 is 0. The third kappa shape index (κ3) is 11.2. The molecule has 17 heteroatoms. The summed E-state index contributed by atoms with van der Waals surface area (Å²) in [6.07, 6.45) is 2.27. The van der Waals surface area contributed by atoms with E-state index in [9.17, 15) is 19.2 Å². The highest BCUT2D eigenvalue weighted by molar-refractivity contribution is 6.05. The van der Waals surface area contributed by atoms with E-state index in [1.54, 1.807) is 18.5 Å². The molecule has 4 heterocycles. The zero-order valence-corrected chi connectivity index (χ0v) is 35.0. The van der Waals surface area contributed by atoms with Gasteiger partial charge < -0.3 is 33.9 Å². The predicted octanol–water partition coefficient (Wildman–Crippen LogP) is 4.95. The van der Waals surface area contributed by atoms with Crippen molar-refractivity contribution in [3.05, 3.63) is 95.4 Å². The van der Waals surface area contributed by atoms with Crippen molar-refractivity contribution in [1.82, 2.24) is 30.0 Å². The van der Waals surface area contributed by atoms with Gasteiger partial charge >= 0.3 is 6.03 Å². The third-order valence-electron chi connectivity index (χ3n) is 10.1. The van der Waals surface area contributed by atoms with Crippen LogP contribution in [0.25, 0.3) is 16.7 Å². The van der Waals surface area contributed by atoms with Gasteiger partial charge in [0.2, 0.25) is 11.8 Å². The van der Waals surface area contributed by atoms with E-state index in [4.69, 9.17) is 23.7 Å². The number of hydrogen-bond donors (Lipinski definition) is 4. The van der Waals surface area contributed by atoms with Crippen LogP contribution in [0.2, 0.25) is 0 Å². The van der Waals surface area contributed by atoms with Crippen LogP contribution in [-0.2, 0) is 40.5 Å². The molecule has 5 aromatic rings. The number of hydrogen-bond acceptors (Lipinski definition) is 11. The summed E-state index contributed by atoms with van der Waals surface area (Å²) in [4.78, 5) is 55.5. The molecule has 4 N–H and O–H groups in total. The standard InChI is InChI=1S/C45H50N8O9/c1-45(2,3)39-27-40(51-50-39)48-44(57)47-31-9-11-32(12-10-31)53-29-46-36-26-33(13-14-37(36)53)62-25-24-61-23-22-60-21-20-59-19-18-58-17-5-7-30-6-4-8-34-35(30)28-52(43(34)56)38-15-16-41(54)49-42(38)55/h4,6,8-14,26-27,29,38H,15-25,28H2,1-3H3,(H,49,54,55)(H3,47,48,50,51,57). The van der Waals surface area contributed by atoms with Gasteiger partial charge in [-0.2, -0.15) is 5.10 Å². The maximum Gasteiger partial charge on any atom is 0.324 e. The molecule has 2 aliphatic heterocycles. The fraction of sp³-hybridized carbons (Fsp3) is 0.378. The molecular weight excluding hydrogens is 797 g/mol. The number of imide groups is 1. The minimum Gasteiger partial charge on any atom is -0.491 e. The lowest BCUT2D eigenvalue weighted by molar-refractivity contribution is -0.136. The second-order valence-corrected chi connectivity index (χ2v) is 15.6. The quantitative estimate of drug-likeness (QED) is 0.0529. The van der Waals surface area contributed by atoms with Crippen molar-refractivity contribution in [3.8, 4) is 23.3 Å². The largest absolute Gasteiger partial charge is 0.491 e. The molecule has 1 unspecified atom stereocenters. The molecule has 5 amide bonds. The molecule has 2 aromatic heterocycles. The highest BCUT2D eigenvalue weighted by atomic mass is 16.6.